The molecule has 2 heterocycles. The minimum Gasteiger partial charge on any atom is -0.611 e. The predicted octanol–water partition coefficient (Wildman–Crippen LogP) is 4.02. The molecule has 0 saturated carbocycles. The quantitative estimate of drug-likeness (QED) is 0.669. The summed E-state index contributed by atoms with van der Waals surface area (Å²) in [5, 5.41) is 23.0. The molecule has 1 aliphatic rings. The smallest absolute Gasteiger partial charge is 0.334 e. The second-order valence-electron chi connectivity index (χ2n) is 6.22. The number of allylic oxidation sites excluding steroid dienone is 2. The number of pyridine rings is 1. The lowest BCUT2D eigenvalue weighted by Crippen LogP contribution is -2.32. The van der Waals surface area contributed by atoms with Crippen molar-refractivity contribution in [1.82, 2.24) is 10.3 Å². The highest BCUT2D eigenvalue weighted by Gasteiger charge is 2.37. The maximum absolute atomic E-state index is 12.8. The molecule has 2 unspecified atom stereocenters. The zero-order valence-corrected chi connectivity index (χ0v) is 17.5. The van der Waals surface area contributed by atoms with Gasteiger partial charge in [0.15, 0.2) is 10.6 Å². The first kappa shape index (κ1) is 21.2. The van der Waals surface area contributed by atoms with Crippen LogP contribution in [0.15, 0.2) is 70.2 Å². The van der Waals surface area contributed by atoms with Crippen molar-refractivity contribution in [3.05, 3.63) is 80.9 Å². The first-order valence-electron chi connectivity index (χ1n) is 8.41. The van der Waals surface area contributed by atoms with Crippen LogP contribution in [0, 0.1) is 11.3 Å². The Morgan fingerprint density at radius 3 is 2.66 bits per heavy atom. The molecule has 1 aromatic carbocycles. The molecule has 2 N–H and O–H groups in total. The van der Waals surface area contributed by atoms with Gasteiger partial charge in [0, 0.05) is 30.2 Å². The summed E-state index contributed by atoms with van der Waals surface area (Å²) < 4.78 is 12.8. The van der Waals surface area contributed by atoms with Crippen LogP contribution in [-0.2, 0) is 16.0 Å². The van der Waals surface area contributed by atoms with Gasteiger partial charge in [-0.1, -0.05) is 35.3 Å². The first-order chi connectivity index (χ1) is 13.8. The molecule has 29 heavy (non-hydrogen) atoms. The van der Waals surface area contributed by atoms with E-state index in [9.17, 15) is 19.7 Å². The Bertz CT molecular complexity index is 1060. The number of halogens is 2. The lowest BCUT2D eigenvalue weighted by atomic mass is 9.81. The highest BCUT2D eigenvalue weighted by atomic mass is 35.5. The number of carbonyl (C=O) groups is 1. The van der Waals surface area contributed by atoms with Crippen LogP contribution in [-0.4, -0.2) is 26.4 Å². The first-order valence-corrected chi connectivity index (χ1v) is 10.5. The van der Waals surface area contributed by atoms with E-state index in [0.29, 0.717) is 16.2 Å². The van der Waals surface area contributed by atoms with Gasteiger partial charge in [-0.15, -0.1) is 0 Å². The molecule has 0 radical (unpaired) electrons. The summed E-state index contributed by atoms with van der Waals surface area (Å²) in [4.78, 5) is 16.6. The van der Waals surface area contributed by atoms with Crippen molar-refractivity contribution in [2.24, 2.45) is 0 Å². The number of dihydropyridines is 1. The Hall–Kier alpha value is -2.50. The molecule has 3 rings (SSSR count). The van der Waals surface area contributed by atoms with E-state index in [1.54, 1.807) is 37.3 Å². The summed E-state index contributed by atoms with van der Waals surface area (Å²) >= 11 is 11.0. The van der Waals surface area contributed by atoms with Gasteiger partial charge in [0.1, 0.15) is 0 Å². The van der Waals surface area contributed by atoms with Crippen molar-refractivity contribution >= 4 is 40.3 Å². The monoisotopic (exact) mass is 447 g/mol. The summed E-state index contributed by atoms with van der Waals surface area (Å²) in [5.74, 6) is -2.24. The van der Waals surface area contributed by atoms with Gasteiger partial charge >= 0.3 is 5.97 Å². The third-order valence-corrected chi connectivity index (χ3v) is 6.66. The highest BCUT2D eigenvalue weighted by molar-refractivity contribution is 7.91. The van der Waals surface area contributed by atoms with Crippen molar-refractivity contribution in [3.63, 3.8) is 0 Å². The third kappa shape index (κ3) is 4.26. The Morgan fingerprint density at radius 1 is 1.34 bits per heavy atom. The zero-order chi connectivity index (χ0) is 21.1. The van der Waals surface area contributed by atoms with Crippen LogP contribution in [0.3, 0.4) is 0 Å². The SMILES string of the molecule is CC1=C(C#N)C(c2cccc(Cl)c2Cl)C(C(=O)O)=C(C[S+]([O-])c2ccncc2)N1. The summed E-state index contributed by atoms with van der Waals surface area (Å²) in [6.07, 6.45) is 3.03. The summed E-state index contributed by atoms with van der Waals surface area (Å²) in [7, 11) is 0. The minimum absolute atomic E-state index is 0.0730. The van der Waals surface area contributed by atoms with Crippen LogP contribution in [0.1, 0.15) is 18.4 Å². The molecule has 2 atom stereocenters. The van der Waals surface area contributed by atoms with Crippen molar-refractivity contribution in [1.29, 1.82) is 5.26 Å². The van der Waals surface area contributed by atoms with Gasteiger partial charge in [-0.3, -0.25) is 4.98 Å². The minimum atomic E-state index is -1.52. The molecule has 1 aliphatic heterocycles. The number of carboxylic acid groups (broad SMARTS) is 1. The molecule has 0 fully saturated rings. The van der Waals surface area contributed by atoms with Gasteiger partial charge in [-0.2, -0.15) is 5.26 Å². The van der Waals surface area contributed by atoms with Crippen LogP contribution in [0.25, 0.3) is 0 Å². The lowest BCUT2D eigenvalue weighted by molar-refractivity contribution is -0.133. The van der Waals surface area contributed by atoms with Crippen molar-refractivity contribution in [2.75, 3.05) is 5.75 Å². The second kappa shape index (κ2) is 8.89. The number of benzene rings is 1. The van der Waals surface area contributed by atoms with E-state index in [4.69, 9.17) is 23.2 Å². The van der Waals surface area contributed by atoms with E-state index < -0.39 is 23.1 Å². The Kier molecular flexibility index (Phi) is 6.50. The number of hydrogen-bond acceptors (Lipinski definition) is 5. The van der Waals surface area contributed by atoms with Gasteiger partial charge in [-0.05, 0) is 29.7 Å². The largest absolute Gasteiger partial charge is 0.611 e. The van der Waals surface area contributed by atoms with E-state index in [0.717, 1.165) is 0 Å². The van der Waals surface area contributed by atoms with Crippen LogP contribution in [0.4, 0.5) is 0 Å². The number of carboxylic acids is 1. The molecule has 9 heteroatoms. The number of nitriles is 1. The van der Waals surface area contributed by atoms with Gasteiger partial charge in [-0.25, -0.2) is 4.79 Å². The average molecular weight is 448 g/mol. The molecule has 2 aromatic rings. The zero-order valence-electron chi connectivity index (χ0n) is 15.1. The molecule has 0 saturated heterocycles. The van der Waals surface area contributed by atoms with Gasteiger partial charge in [0.2, 0.25) is 0 Å². The normalized spacial score (nSPS) is 17.6. The Labute approximate surface area is 180 Å². The molecule has 148 valence electrons. The molecule has 0 bridgehead atoms. The number of hydrogen-bond donors (Lipinski definition) is 2. The number of nitrogens with one attached hydrogen (secondary N) is 1. The fourth-order valence-corrected chi connectivity index (χ4v) is 4.67. The van der Waals surface area contributed by atoms with Crippen LogP contribution < -0.4 is 5.32 Å². The van der Waals surface area contributed by atoms with Crippen molar-refractivity contribution < 1.29 is 14.5 Å². The molecule has 0 amide bonds. The Balaban J connectivity index is 2.14. The summed E-state index contributed by atoms with van der Waals surface area (Å²) in [6.45, 7) is 1.66. The highest BCUT2D eigenvalue weighted by Crippen LogP contribution is 2.42. The Morgan fingerprint density at radius 2 is 2.03 bits per heavy atom. The van der Waals surface area contributed by atoms with E-state index in [1.807, 2.05) is 0 Å². The molecular weight excluding hydrogens is 433 g/mol. The fraction of sp³-hybridized carbons (Fsp3) is 0.150. The van der Waals surface area contributed by atoms with Gasteiger partial charge in [0.05, 0.1) is 38.9 Å². The van der Waals surface area contributed by atoms with Crippen LogP contribution in [0.2, 0.25) is 10.0 Å². The lowest BCUT2D eigenvalue weighted by Gasteiger charge is -2.29. The molecule has 0 aliphatic carbocycles. The summed E-state index contributed by atoms with van der Waals surface area (Å²) in [6, 6.07) is 10.1. The number of nitrogens with zero attached hydrogens (tertiary/aromatic N) is 2. The van der Waals surface area contributed by atoms with Crippen LogP contribution in [0.5, 0.6) is 0 Å². The summed E-state index contributed by atoms with van der Waals surface area (Å²) in [5.41, 5.74) is 1.26. The number of aliphatic carboxylic acids is 1. The third-order valence-electron chi connectivity index (χ3n) is 4.48. The average Bonchev–Trinajstić information content (AvgIpc) is 2.70. The maximum Gasteiger partial charge on any atom is 0.334 e. The number of aromatic nitrogens is 1. The molecular formula is C20H15Cl2N3O3S. The van der Waals surface area contributed by atoms with E-state index in [-0.39, 0.29) is 32.6 Å². The van der Waals surface area contributed by atoms with Crippen molar-refractivity contribution in [3.8, 4) is 6.07 Å². The molecule has 1 aromatic heterocycles. The topological polar surface area (TPSA) is 109 Å². The van der Waals surface area contributed by atoms with Gasteiger partial charge < -0.3 is 15.0 Å². The van der Waals surface area contributed by atoms with E-state index >= 15 is 0 Å². The van der Waals surface area contributed by atoms with E-state index in [1.165, 1.54) is 12.4 Å². The van der Waals surface area contributed by atoms with E-state index in [2.05, 4.69) is 16.4 Å². The molecule has 6 nitrogen and oxygen atoms in total. The fourth-order valence-electron chi connectivity index (χ4n) is 3.17. The van der Waals surface area contributed by atoms with Crippen LogP contribution >= 0.6 is 23.2 Å². The van der Waals surface area contributed by atoms with Gasteiger partial charge in [0.25, 0.3) is 0 Å². The number of rotatable bonds is 5. The molecule has 0 spiro atoms. The maximum atomic E-state index is 12.8. The predicted molar refractivity (Wildman–Crippen MR) is 111 cm³/mol. The standard InChI is InChI=1S/C20H15Cl2N3O3S/c1-11-14(9-23)17(13-3-2-4-15(21)19(13)22)18(20(26)27)16(25-11)10-29(28)12-5-7-24-8-6-12/h2-8,17,25H,10H2,1H3,(H,26,27). The second-order valence-corrected chi connectivity index (χ2v) is 8.46. The van der Waals surface area contributed by atoms with Crippen molar-refractivity contribution in [2.45, 2.75) is 17.7 Å².